The molecule has 3 rings (SSSR count). The molecule has 42 heavy (non-hydrogen) atoms. The van der Waals surface area contributed by atoms with E-state index in [9.17, 15) is 14.7 Å². The van der Waals surface area contributed by atoms with Crippen molar-refractivity contribution in [2.75, 3.05) is 24.4 Å². The monoisotopic (exact) mass is 578 g/mol. The normalized spacial score (nSPS) is 11.2. The number of methoxy groups -OCH3 is 1. The third-order valence-corrected chi connectivity index (χ3v) is 6.28. The smallest absolute Gasteiger partial charge is 0.306 e. The van der Waals surface area contributed by atoms with E-state index >= 15 is 0 Å². The van der Waals surface area contributed by atoms with Gasteiger partial charge in [-0.15, -0.1) is 0 Å². The van der Waals surface area contributed by atoms with Crippen molar-refractivity contribution in [3.63, 3.8) is 0 Å². The van der Waals surface area contributed by atoms with Gasteiger partial charge in [0.05, 0.1) is 32.0 Å². The standard InChI is InChI=1S/C31H38N4O7/c1-5-41-29(37)13-11-25-22(14-20(18-36)15-28(25)42-19(2)3)17-33-27-12-10-24(40-4)16-26(27)31(38)34-23-8-6-21(7-9-23)30(32)35-39/h6-10,12,14-16,19,33,36,39H,5,11,13,17-18H2,1-4H3,(H2,32,35)(H,34,38). The molecule has 0 spiro atoms. The van der Waals surface area contributed by atoms with E-state index in [1.807, 2.05) is 19.9 Å². The zero-order valence-corrected chi connectivity index (χ0v) is 24.3. The Hall–Kier alpha value is -4.77. The Balaban J connectivity index is 1.91. The van der Waals surface area contributed by atoms with Crippen LogP contribution in [-0.4, -0.2) is 47.8 Å². The van der Waals surface area contributed by atoms with Crippen LogP contribution in [0.25, 0.3) is 0 Å². The molecule has 6 N–H and O–H groups in total. The van der Waals surface area contributed by atoms with E-state index < -0.39 is 0 Å². The Labute approximate surface area is 245 Å². The first-order valence-corrected chi connectivity index (χ1v) is 13.6. The number of hydrogen-bond donors (Lipinski definition) is 5. The minimum Gasteiger partial charge on any atom is -0.497 e. The van der Waals surface area contributed by atoms with E-state index in [4.69, 9.17) is 25.2 Å². The summed E-state index contributed by atoms with van der Waals surface area (Å²) in [5.74, 6) is 0.342. The summed E-state index contributed by atoms with van der Waals surface area (Å²) in [5, 5.41) is 28.0. The van der Waals surface area contributed by atoms with Crippen LogP contribution in [0.3, 0.4) is 0 Å². The Bertz CT molecular complexity index is 1410. The van der Waals surface area contributed by atoms with Gasteiger partial charge in [-0.1, -0.05) is 11.2 Å². The second kappa shape index (κ2) is 15.3. The predicted molar refractivity (Wildman–Crippen MR) is 160 cm³/mol. The largest absolute Gasteiger partial charge is 0.497 e. The summed E-state index contributed by atoms with van der Waals surface area (Å²) in [4.78, 5) is 25.5. The number of amidine groups is 1. The topological polar surface area (TPSA) is 165 Å². The summed E-state index contributed by atoms with van der Waals surface area (Å²) in [7, 11) is 1.52. The maximum absolute atomic E-state index is 13.4. The number of aliphatic hydroxyl groups excluding tert-OH is 1. The zero-order chi connectivity index (χ0) is 30.6. The van der Waals surface area contributed by atoms with Crippen LogP contribution in [0.15, 0.2) is 59.8 Å². The first kappa shape index (κ1) is 31.8. The van der Waals surface area contributed by atoms with Gasteiger partial charge in [-0.05, 0) is 92.4 Å². The maximum Gasteiger partial charge on any atom is 0.306 e. The summed E-state index contributed by atoms with van der Waals surface area (Å²) in [6.45, 7) is 5.96. The van der Waals surface area contributed by atoms with Gasteiger partial charge in [0.25, 0.3) is 5.91 Å². The molecule has 224 valence electrons. The van der Waals surface area contributed by atoms with Crippen LogP contribution in [0.5, 0.6) is 11.5 Å². The molecule has 0 aliphatic carbocycles. The SMILES string of the molecule is CCOC(=O)CCc1c(CNc2ccc(OC)cc2C(=O)Nc2ccc(/C(N)=N/O)cc2)cc(CO)cc1OC(C)C. The number of ether oxygens (including phenoxy) is 3. The molecule has 0 heterocycles. The fraction of sp³-hybridized carbons (Fsp3) is 0.323. The number of carbonyl (C=O) groups is 2. The summed E-state index contributed by atoms with van der Waals surface area (Å²) >= 11 is 0. The summed E-state index contributed by atoms with van der Waals surface area (Å²) in [5.41, 5.74) is 9.79. The zero-order valence-electron chi connectivity index (χ0n) is 24.3. The van der Waals surface area contributed by atoms with Gasteiger partial charge >= 0.3 is 5.97 Å². The lowest BCUT2D eigenvalue weighted by molar-refractivity contribution is -0.143. The van der Waals surface area contributed by atoms with E-state index in [0.29, 0.717) is 52.6 Å². The molecule has 0 fully saturated rings. The van der Waals surface area contributed by atoms with Crippen molar-refractivity contribution in [2.45, 2.75) is 52.9 Å². The van der Waals surface area contributed by atoms with Crippen LogP contribution in [0.4, 0.5) is 11.4 Å². The Kier molecular flexibility index (Phi) is 11.6. The van der Waals surface area contributed by atoms with E-state index in [-0.39, 0.29) is 43.4 Å². The molecule has 0 bridgehead atoms. The number of nitrogens with two attached hydrogens (primary N) is 1. The molecule has 0 aliphatic rings. The quantitative estimate of drug-likeness (QED) is 0.0612. The number of carbonyl (C=O) groups excluding carboxylic acids is 2. The van der Waals surface area contributed by atoms with Crippen molar-refractivity contribution in [3.8, 4) is 11.5 Å². The van der Waals surface area contributed by atoms with Gasteiger partial charge in [-0.3, -0.25) is 9.59 Å². The van der Waals surface area contributed by atoms with Crippen LogP contribution in [0.2, 0.25) is 0 Å². The van der Waals surface area contributed by atoms with Crippen LogP contribution < -0.4 is 25.8 Å². The fourth-order valence-corrected chi connectivity index (χ4v) is 4.28. The minimum absolute atomic E-state index is 0.0407. The highest BCUT2D eigenvalue weighted by molar-refractivity contribution is 6.08. The number of nitrogens with zero attached hydrogens (tertiary/aromatic N) is 1. The van der Waals surface area contributed by atoms with Crippen molar-refractivity contribution < 1.29 is 34.1 Å². The molecule has 0 aliphatic heterocycles. The van der Waals surface area contributed by atoms with Crippen molar-refractivity contribution in [3.05, 3.63) is 82.4 Å². The number of oxime groups is 1. The average molecular weight is 579 g/mol. The van der Waals surface area contributed by atoms with Gasteiger partial charge in [0.15, 0.2) is 5.84 Å². The molecule has 3 aromatic carbocycles. The van der Waals surface area contributed by atoms with Crippen molar-refractivity contribution in [1.29, 1.82) is 0 Å². The van der Waals surface area contributed by atoms with Crippen LogP contribution >= 0.6 is 0 Å². The molecule has 11 nitrogen and oxygen atoms in total. The summed E-state index contributed by atoms with van der Waals surface area (Å²) in [6.07, 6.45) is 0.416. The molecule has 11 heteroatoms. The van der Waals surface area contributed by atoms with Gasteiger partial charge in [-0.2, -0.15) is 0 Å². The Morgan fingerprint density at radius 3 is 2.43 bits per heavy atom. The van der Waals surface area contributed by atoms with Crippen LogP contribution in [0.1, 0.15) is 59.8 Å². The summed E-state index contributed by atoms with van der Waals surface area (Å²) < 4.78 is 16.5. The van der Waals surface area contributed by atoms with E-state index in [2.05, 4.69) is 15.8 Å². The van der Waals surface area contributed by atoms with E-state index in [1.54, 1.807) is 55.5 Å². The Morgan fingerprint density at radius 2 is 1.81 bits per heavy atom. The number of benzene rings is 3. The molecule has 1 amide bonds. The second-order valence-corrected chi connectivity index (χ2v) is 9.64. The maximum atomic E-state index is 13.4. The lowest BCUT2D eigenvalue weighted by atomic mass is 9.98. The molecule has 0 saturated heterocycles. The van der Waals surface area contributed by atoms with E-state index in [1.165, 1.54) is 7.11 Å². The third kappa shape index (κ3) is 8.61. The van der Waals surface area contributed by atoms with Gasteiger partial charge < -0.3 is 40.9 Å². The van der Waals surface area contributed by atoms with Crippen molar-refractivity contribution >= 4 is 29.1 Å². The highest BCUT2D eigenvalue weighted by atomic mass is 16.5. The summed E-state index contributed by atoms with van der Waals surface area (Å²) in [6, 6.07) is 15.3. The second-order valence-electron chi connectivity index (χ2n) is 9.64. The van der Waals surface area contributed by atoms with Gasteiger partial charge in [0.1, 0.15) is 11.5 Å². The highest BCUT2D eigenvalue weighted by Gasteiger charge is 2.18. The lowest BCUT2D eigenvalue weighted by Gasteiger charge is -2.20. The molecule has 0 saturated carbocycles. The van der Waals surface area contributed by atoms with Gasteiger partial charge in [0, 0.05) is 29.9 Å². The van der Waals surface area contributed by atoms with Gasteiger partial charge in [0.2, 0.25) is 0 Å². The molecular formula is C31H38N4O7. The Morgan fingerprint density at radius 1 is 1.07 bits per heavy atom. The number of rotatable bonds is 14. The molecular weight excluding hydrogens is 540 g/mol. The molecule has 0 aromatic heterocycles. The minimum atomic E-state index is -0.386. The third-order valence-electron chi connectivity index (χ3n) is 6.28. The van der Waals surface area contributed by atoms with Crippen LogP contribution in [0, 0.1) is 0 Å². The average Bonchev–Trinajstić information content (AvgIpc) is 2.98. The van der Waals surface area contributed by atoms with Crippen molar-refractivity contribution in [2.24, 2.45) is 10.9 Å². The molecule has 0 atom stereocenters. The highest BCUT2D eigenvalue weighted by Crippen LogP contribution is 2.30. The fourth-order valence-electron chi connectivity index (χ4n) is 4.28. The molecule has 3 aromatic rings. The number of nitrogens with one attached hydrogen (secondary N) is 2. The number of amides is 1. The molecule has 0 unspecified atom stereocenters. The van der Waals surface area contributed by atoms with E-state index in [0.717, 1.165) is 11.1 Å². The first-order valence-electron chi connectivity index (χ1n) is 13.6. The van der Waals surface area contributed by atoms with Crippen molar-refractivity contribution in [1.82, 2.24) is 0 Å². The number of esters is 1. The first-order chi connectivity index (χ1) is 20.2. The number of aliphatic hydroxyl groups is 1. The predicted octanol–water partition coefficient (Wildman–Crippen LogP) is 4.43. The van der Waals surface area contributed by atoms with Crippen LogP contribution in [-0.2, 0) is 29.1 Å². The number of hydrogen-bond acceptors (Lipinski definition) is 9. The lowest BCUT2D eigenvalue weighted by Crippen LogP contribution is -2.17. The number of anilines is 2. The molecule has 0 radical (unpaired) electrons. The van der Waals surface area contributed by atoms with Gasteiger partial charge in [-0.25, -0.2) is 0 Å².